The van der Waals surface area contributed by atoms with Gasteiger partial charge in [-0.1, -0.05) is 30.6 Å². The minimum absolute atomic E-state index is 0.783. The standard InChI is InChI=1S/C26H19NS2/c1-3-23-18-22(5-4-20-10-16-26(29-2)17-11-20)7-13-24(23)12-6-21-8-14-25(15-9-21)27-19-28/h7-11,13-18H,3H2,1-2H3. The molecule has 0 saturated heterocycles. The summed E-state index contributed by atoms with van der Waals surface area (Å²) in [6.07, 6.45) is 2.98. The molecule has 3 aromatic carbocycles. The lowest BCUT2D eigenvalue weighted by atomic mass is 10.0. The van der Waals surface area contributed by atoms with Gasteiger partial charge in [0.15, 0.2) is 0 Å². The Kier molecular flexibility index (Phi) is 7.46. The molecule has 3 rings (SSSR count). The van der Waals surface area contributed by atoms with E-state index in [4.69, 9.17) is 0 Å². The number of thioether (sulfide) groups is 1. The number of isothiocyanates is 1. The molecule has 0 N–H and O–H groups in total. The minimum Gasteiger partial charge on any atom is -0.195 e. The fraction of sp³-hybridized carbons (Fsp3) is 0.115. The third kappa shape index (κ3) is 5.95. The number of hydrogen-bond donors (Lipinski definition) is 0. The highest BCUT2D eigenvalue weighted by Gasteiger charge is 1.99. The number of benzene rings is 3. The zero-order valence-electron chi connectivity index (χ0n) is 16.3. The number of hydrogen-bond acceptors (Lipinski definition) is 3. The maximum absolute atomic E-state index is 4.62. The van der Waals surface area contributed by atoms with Crippen molar-refractivity contribution in [2.24, 2.45) is 4.99 Å². The summed E-state index contributed by atoms with van der Waals surface area (Å²) in [5.74, 6) is 13.0. The summed E-state index contributed by atoms with van der Waals surface area (Å²) < 4.78 is 0. The normalized spacial score (nSPS) is 9.45. The molecular formula is C26H19NS2. The lowest BCUT2D eigenvalue weighted by Gasteiger charge is -2.02. The molecule has 0 aliphatic rings. The van der Waals surface area contributed by atoms with Crippen molar-refractivity contribution in [2.45, 2.75) is 18.2 Å². The molecule has 0 unspecified atom stereocenters. The third-order valence-corrected chi connectivity index (χ3v) is 5.15. The Hall–Kier alpha value is -3.07. The molecule has 0 fully saturated rings. The topological polar surface area (TPSA) is 12.4 Å². The molecule has 140 valence electrons. The van der Waals surface area contributed by atoms with Gasteiger partial charge in [-0.2, -0.15) is 4.99 Å². The molecule has 3 heteroatoms. The molecule has 0 bridgehead atoms. The van der Waals surface area contributed by atoms with E-state index in [0.29, 0.717) is 0 Å². The van der Waals surface area contributed by atoms with Crippen molar-refractivity contribution < 1.29 is 0 Å². The molecule has 0 saturated carbocycles. The van der Waals surface area contributed by atoms with E-state index in [0.717, 1.165) is 34.4 Å². The molecule has 0 radical (unpaired) electrons. The van der Waals surface area contributed by atoms with Gasteiger partial charge in [-0.05, 0) is 97.2 Å². The summed E-state index contributed by atoms with van der Waals surface area (Å²) >= 11 is 6.35. The summed E-state index contributed by atoms with van der Waals surface area (Å²) in [5, 5.41) is 2.37. The Bertz CT molecular complexity index is 1160. The van der Waals surface area contributed by atoms with Crippen LogP contribution in [0.5, 0.6) is 0 Å². The van der Waals surface area contributed by atoms with Gasteiger partial charge in [0.25, 0.3) is 0 Å². The zero-order valence-corrected chi connectivity index (χ0v) is 18.0. The van der Waals surface area contributed by atoms with Gasteiger partial charge in [0.1, 0.15) is 0 Å². The van der Waals surface area contributed by atoms with E-state index in [1.807, 2.05) is 30.3 Å². The molecule has 0 heterocycles. The van der Waals surface area contributed by atoms with Crippen LogP contribution in [-0.2, 0) is 6.42 Å². The Labute approximate surface area is 182 Å². The number of aryl methyl sites for hydroxylation is 1. The Morgan fingerprint density at radius 3 is 2.00 bits per heavy atom. The molecule has 0 aromatic heterocycles. The van der Waals surface area contributed by atoms with Crippen LogP contribution in [0.3, 0.4) is 0 Å². The smallest absolute Gasteiger partial charge is 0.0740 e. The minimum atomic E-state index is 0.783. The molecule has 0 spiro atoms. The van der Waals surface area contributed by atoms with Crippen molar-refractivity contribution in [3.8, 4) is 23.7 Å². The quantitative estimate of drug-likeness (QED) is 0.212. The maximum atomic E-state index is 4.62. The Morgan fingerprint density at radius 1 is 0.793 bits per heavy atom. The maximum Gasteiger partial charge on any atom is 0.0740 e. The van der Waals surface area contributed by atoms with Crippen molar-refractivity contribution in [1.82, 2.24) is 0 Å². The van der Waals surface area contributed by atoms with Gasteiger partial charge in [0.2, 0.25) is 0 Å². The second-order valence-corrected chi connectivity index (χ2v) is 7.27. The molecule has 1 nitrogen and oxygen atoms in total. The van der Waals surface area contributed by atoms with Crippen LogP contribution < -0.4 is 0 Å². The summed E-state index contributed by atoms with van der Waals surface area (Å²) in [6.45, 7) is 2.14. The van der Waals surface area contributed by atoms with Crippen molar-refractivity contribution in [1.29, 1.82) is 0 Å². The van der Waals surface area contributed by atoms with E-state index in [1.165, 1.54) is 10.5 Å². The average Bonchev–Trinajstić information content (AvgIpc) is 2.78. The number of rotatable bonds is 3. The van der Waals surface area contributed by atoms with Crippen molar-refractivity contribution >= 4 is 34.8 Å². The molecule has 0 aliphatic heterocycles. The van der Waals surface area contributed by atoms with E-state index in [1.54, 1.807) is 11.8 Å². The van der Waals surface area contributed by atoms with Gasteiger partial charge >= 0.3 is 0 Å². The predicted octanol–water partition coefficient (Wildman–Crippen LogP) is 6.50. The van der Waals surface area contributed by atoms with Crippen LogP contribution in [-0.4, -0.2) is 11.4 Å². The first-order valence-corrected chi connectivity index (χ1v) is 10.8. The fourth-order valence-electron chi connectivity index (χ4n) is 2.72. The highest BCUT2D eigenvalue weighted by atomic mass is 32.2. The van der Waals surface area contributed by atoms with E-state index < -0.39 is 0 Å². The second kappa shape index (κ2) is 10.5. The number of nitrogens with zero attached hydrogens (tertiary/aromatic N) is 1. The lowest BCUT2D eigenvalue weighted by Crippen LogP contribution is -1.89. The lowest BCUT2D eigenvalue weighted by molar-refractivity contribution is 1.13. The second-order valence-electron chi connectivity index (χ2n) is 6.20. The monoisotopic (exact) mass is 409 g/mol. The number of aliphatic imine (C=N–C) groups is 1. The van der Waals surface area contributed by atoms with Crippen molar-refractivity contribution in [2.75, 3.05) is 6.26 Å². The average molecular weight is 410 g/mol. The van der Waals surface area contributed by atoms with Gasteiger partial charge in [0.05, 0.1) is 10.8 Å². The third-order valence-electron chi connectivity index (χ3n) is 4.31. The van der Waals surface area contributed by atoms with Gasteiger partial charge in [-0.15, -0.1) is 11.8 Å². The van der Waals surface area contributed by atoms with E-state index >= 15 is 0 Å². The Morgan fingerprint density at radius 2 is 1.38 bits per heavy atom. The van der Waals surface area contributed by atoms with Crippen molar-refractivity contribution in [3.05, 3.63) is 94.5 Å². The predicted molar refractivity (Wildman–Crippen MR) is 127 cm³/mol. The Balaban J connectivity index is 1.80. The number of thiocarbonyl (C=S) groups is 1. The van der Waals surface area contributed by atoms with Crippen LogP contribution >= 0.6 is 24.0 Å². The summed E-state index contributed by atoms with van der Waals surface area (Å²) in [5.41, 5.74) is 5.97. The van der Waals surface area contributed by atoms with Crippen LogP contribution in [0.1, 0.15) is 34.7 Å². The molecule has 0 amide bonds. The summed E-state index contributed by atoms with van der Waals surface area (Å²) in [6, 6.07) is 22.2. The molecular weight excluding hydrogens is 390 g/mol. The highest BCUT2D eigenvalue weighted by Crippen LogP contribution is 2.16. The van der Waals surface area contributed by atoms with Crippen LogP contribution in [0, 0.1) is 23.7 Å². The van der Waals surface area contributed by atoms with E-state index in [2.05, 4.69) is 95.6 Å². The van der Waals surface area contributed by atoms with Crippen LogP contribution in [0.2, 0.25) is 0 Å². The molecule has 0 atom stereocenters. The van der Waals surface area contributed by atoms with Crippen LogP contribution in [0.25, 0.3) is 0 Å². The van der Waals surface area contributed by atoms with Crippen molar-refractivity contribution in [3.63, 3.8) is 0 Å². The van der Waals surface area contributed by atoms with Gasteiger partial charge < -0.3 is 0 Å². The summed E-state index contributed by atoms with van der Waals surface area (Å²) in [4.78, 5) is 5.20. The fourth-order valence-corrected chi connectivity index (χ4v) is 3.23. The molecule has 0 aliphatic carbocycles. The first kappa shape index (κ1) is 20.7. The zero-order chi connectivity index (χ0) is 20.5. The van der Waals surface area contributed by atoms with Gasteiger partial charge in [-0.3, -0.25) is 0 Å². The summed E-state index contributed by atoms with van der Waals surface area (Å²) in [7, 11) is 0. The first-order valence-electron chi connectivity index (χ1n) is 9.21. The largest absolute Gasteiger partial charge is 0.195 e. The van der Waals surface area contributed by atoms with Gasteiger partial charge in [-0.25, -0.2) is 0 Å². The highest BCUT2D eigenvalue weighted by molar-refractivity contribution is 7.98. The first-order chi connectivity index (χ1) is 14.2. The molecule has 3 aromatic rings. The van der Waals surface area contributed by atoms with E-state index in [-0.39, 0.29) is 0 Å². The SMILES string of the molecule is CCc1cc(C#Cc2ccc(SC)cc2)ccc1C#Cc1ccc(N=C=S)cc1. The molecule has 29 heavy (non-hydrogen) atoms. The van der Waals surface area contributed by atoms with Crippen LogP contribution in [0.4, 0.5) is 5.69 Å². The van der Waals surface area contributed by atoms with E-state index in [9.17, 15) is 0 Å². The van der Waals surface area contributed by atoms with Gasteiger partial charge in [0, 0.05) is 27.1 Å². The van der Waals surface area contributed by atoms with Crippen LogP contribution in [0.15, 0.2) is 76.6 Å².